The predicted octanol–water partition coefficient (Wildman–Crippen LogP) is 2.13. The van der Waals surface area contributed by atoms with Gasteiger partial charge in [0.05, 0.1) is 22.1 Å². The molecule has 0 fully saturated rings. The molecule has 2 aromatic carbocycles. The number of rotatable bonds is 0. The van der Waals surface area contributed by atoms with Gasteiger partial charge < -0.3 is 5.11 Å². The van der Waals surface area contributed by atoms with Gasteiger partial charge in [-0.3, -0.25) is 0 Å². The van der Waals surface area contributed by atoms with Crippen LogP contribution in [0.15, 0.2) is 42.5 Å². The highest BCUT2D eigenvalue weighted by Crippen LogP contribution is 2.18. The summed E-state index contributed by atoms with van der Waals surface area (Å²) in [5, 5.41) is 8.76. The predicted molar refractivity (Wildman–Crippen MR) is 71.0 cm³/mol. The highest BCUT2D eigenvalue weighted by molar-refractivity contribution is 5.89. The Morgan fingerprint density at radius 2 is 1.61 bits per heavy atom. The molecule has 1 heterocycles. The maximum absolute atomic E-state index is 8.76. The molecule has 0 unspecified atom stereocenters. The second kappa shape index (κ2) is 4.44. The van der Waals surface area contributed by atoms with E-state index in [0.717, 1.165) is 27.6 Å². The van der Waals surface area contributed by atoms with Crippen molar-refractivity contribution in [1.82, 2.24) is 9.97 Å². The summed E-state index contributed by atoms with van der Waals surface area (Å²) in [7, 11) is 0. The van der Waals surface area contributed by atoms with Crippen LogP contribution < -0.4 is 0 Å². The molecule has 0 radical (unpaired) electrons. The fourth-order valence-electron chi connectivity index (χ4n) is 1.88. The number of nitrogens with zero attached hydrogens (tertiary/aromatic N) is 2. The van der Waals surface area contributed by atoms with Gasteiger partial charge >= 0.3 is 0 Å². The van der Waals surface area contributed by atoms with E-state index in [1.807, 2.05) is 42.5 Å². The Balaban J connectivity index is 2.36. The van der Waals surface area contributed by atoms with Gasteiger partial charge in [-0.15, -0.1) is 0 Å². The van der Waals surface area contributed by atoms with Crippen LogP contribution in [0.2, 0.25) is 0 Å². The van der Waals surface area contributed by atoms with Gasteiger partial charge in [0.1, 0.15) is 12.1 Å². The fraction of sp³-hybridized carbons (Fsp3) is 0.0667. The molecule has 3 rings (SSSR count). The molecular weight excluding hydrogens is 224 g/mol. The Hall–Kier alpha value is -2.44. The van der Waals surface area contributed by atoms with Crippen molar-refractivity contribution in [3.05, 3.63) is 48.0 Å². The number of benzene rings is 2. The third-order valence-electron chi connectivity index (χ3n) is 2.67. The number of aliphatic hydroxyl groups excluding tert-OH is 1. The average molecular weight is 234 g/mol. The lowest BCUT2D eigenvalue weighted by atomic mass is 10.1. The Bertz CT molecular complexity index is 784. The van der Waals surface area contributed by atoms with E-state index in [0.29, 0.717) is 0 Å². The molecular formula is C15H10N2O. The second-order valence-corrected chi connectivity index (χ2v) is 3.85. The first-order chi connectivity index (χ1) is 8.88. The fourth-order valence-corrected chi connectivity index (χ4v) is 1.88. The minimum absolute atomic E-state index is 0.155. The quantitative estimate of drug-likeness (QED) is 0.478. The van der Waals surface area contributed by atoms with Gasteiger partial charge in [0.2, 0.25) is 0 Å². The van der Waals surface area contributed by atoms with Crippen LogP contribution in [0.4, 0.5) is 0 Å². The van der Waals surface area contributed by atoms with Gasteiger partial charge in [0.15, 0.2) is 0 Å². The van der Waals surface area contributed by atoms with Crippen molar-refractivity contribution in [2.75, 3.05) is 6.61 Å². The first-order valence-electron chi connectivity index (χ1n) is 5.64. The van der Waals surface area contributed by atoms with Crippen molar-refractivity contribution < 1.29 is 5.11 Å². The van der Waals surface area contributed by atoms with Crippen molar-refractivity contribution in [1.29, 1.82) is 0 Å². The van der Waals surface area contributed by atoms with Gasteiger partial charge in [0.25, 0.3) is 0 Å². The average Bonchev–Trinajstić information content (AvgIpc) is 2.43. The minimum atomic E-state index is -0.155. The summed E-state index contributed by atoms with van der Waals surface area (Å²) in [6.07, 6.45) is 0. The Labute approximate surface area is 104 Å². The highest BCUT2D eigenvalue weighted by Gasteiger charge is 2.03. The SMILES string of the molecule is OCC#Cc1cccc2nc3ccccc3nc12. The highest BCUT2D eigenvalue weighted by atomic mass is 16.2. The molecule has 1 aromatic heterocycles. The van der Waals surface area contributed by atoms with Crippen LogP contribution in [0.25, 0.3) is 22.1 Å². The third kappa shape index (κ3) is 1.79. The first kappa shape index (κ1) is 10.7. The summed E-state index contributed by atoms with van der Waals surface area (Å²) in [5.41, 5.74) is 4.11. The molecule has 0 aliphatic carbocycles. The zero-order valence-electron chi connectivity index (χ0n) is 9.59. The number of aromatic nitrogens is 2. The van der Waals surface area contributed by atoms with Crippen LogP contribution in [0.1, 0.15) is 5.56 Å². The minimum Gasteiger partial charge on any atom is -0.384 e. The Morgan fingerprint density at radius 1 is 0.889 bits per heavy atom. The van der Waals surface area contributed by atoms with E-state index >= 15 is 0 Å². The summed E-state index contributed by atoms with van der Waals surface area (Å²) < 4.78 is 0. The summed E-state index contributed by atoms with van der Waals surface area (Å²) >= 11 is 0. The molecule has 3 heteroatoms. The van der Waals surface area contributed by atoms with E-state index in [9.17, 15) is 0 Å². The van der Waals surface area contributed by atoms with E-state index in [-0.39, 0.29) is 6.61 Å². The van der Waals surface area contributed by atoms with Crippen molar-refractivity contribution in [3.8, 4) is 11.8 Å². The lowest BCUT2D eigenvalue weighted by Crippen LogP contribution is -1.90. The van der Waals surface area contributed by atoms with Crippen molar-refractivity contribution in [2.45, 2.75) is 0 Å². The zero-order valence-corrected chi connectivity index (χ0v) is 9.59. The monoisotopic (exact) mass is 234 g/mol. The van der Waals surface area contributed by atoms with Gasteiger partial charge in [-0.05, 0) is 24.3 Å². The molecule has 0 aliphatic rings. The Morgan fingerprint density at radius 3 is 2.39 bits per heavy atom. The van der Waals surface area contributed by atoms with Gasteiger partial charge in [0, 0.05) is 0 Å². The largest absolute Gasteiger partial charge is 0.384 e. The van der Waals surface area contributed by atoms with Crippen molar-refractivity contribution in [2.24, 2.45) is 0 Å². The summed E-state index contributed by atoms with van der Waals surface area (Å²) in [6, 6.07) is 13.4. The lowest BCUT2D eigenvalue weighted by Gasteiger charge is -2.02. The van der Waals surface area contributed by atoms with Gasteiger partial charge in [-0.1, -0.05) is 30.0 Å². The first-order valence-corrected chi connectivity index (χ1v) is 5.64. The van der Waals surface area contributed by atoms with E-state index in [1.54, 1.807) is 0 Å². The van der Waals surface area contributed by atoms with E-state index < -0.39 is 0 Å². The van der Waals surface area contributed by atoms with Gasteiger partial charge in [-0.2, -0.15) is 0 Å². The van der Waals surface area contributed by atoms with E-state index in [1.165, 1.54) is 0 Å². The van der Waals surface area contributed by atoms with Crippen LogP contribution in [0.5, 0.6) is 0 Å². The van der Waals surface area contributed by atoms with Crippen LogP contribution >= 0.6 is 0 Å². The van der Waals surface area contributed by atoms with Crippen LogP contribution in [-0.4, -0.2) is 21.7 Å². The molecule has 1 N–H and O–H groups in total. The molecule has 86 valence electrons. The normalized spacial score (nSPS) is 10.3. The second-order valence-electron chi connectivity index (χ2n) is 3.85. The molecule has 0 saturated heterocycles. The van der Waals surface area contributed by atoms with Gasteiger partial charge in [-0.25, -0.2) is 9.97 Å². The maximum Gasteiger partial charge on any atom is 0.105 e. The molecule has 3 aromatic rings. The Kier molecular flexibility index (Phi) is 2.64. The summed E-state index contributed by atoms with van der Waals surface area (Å²) in [4.78, 5) is 9.14. The maximum atomic E-state index is 8.76. The number of para-hydroxylation sites is 3. The zero-order chi connectivity index (χ0) is 12.4. The molecule has 0 bridgehead atoms. The molecule has 0 saturated carbocycles. The number of fused-ring (bicyclic) bond motifs is 2. The number of hydrogen-bond donors (Lipinski definition) is 1. The van der Waals surface area contributed by atoms with Crippen molar-refractivity contribution >= 4 is 22.1 Å². The lowest BCUT2D eigenvalue weighted by molar-refractivity contribution is 0.350. The van der Waals surface area contributed by atoms with Crippen molar-refractivity contribution in [3.63, 3.8) is 0 Å². The molecule has 0 spiro atoms. The third-order valence-corrected chi connectivity index (χ3v) is 2.67. The summed E-state index contributed by atoms with van der Waals surface area (Å²) in [6.45, 7) is -0.155. The standard InChI is InChI=1S/C15H10N2O/c18-10-4-6-11-5-3-9-14-15(11)17-13-8-2-1-7-12(13)16-14/h1-3,5,7-9,18H,10H2. The summed E-state index contributed by atoms with van der Waals surface area (Å²) in [5.74, 6) is 5.54. The molecule has 18 heavy (non-hydrogen) atoms. The van der Waals surface area contributed by atoms with Crippen LogP contribution in [0.3, 0.4) is 0 Å². The molecule has 0 atom stereocenters. The van der Waals surface area contributed by atoms with E-state index in [2.05, 4.69) is 21.8 Å². The smallest absolute Gasteiger partial charge is 0.105 e. The number of aliphatic hydroxyl groups is 1. The number of hydrogen-bond acceptors (Lipinski definition) is 3. The van der Waals surface area contributed by atoms with E-state index in [4.69, 9.17) is 5.11 Å². The molecule has 0 aliphatic heterocycles. The molecule has 3 nitrogen and oxygen atoms in total. The van der Waals surface area contributed by atoms with Crippen LogP contribution in [0, 0.1) is 11.8 Å². The topological polar surface area (TPSA) is 46.0 Å². The van der Waals surface area contributed by atoms with Crippen LogP contribution in [-0.2, 0) is 0 Å². The molecule has 0 amide bonds.